The van der Waals surface area contributed by atoms with E-state index >= 15 is 4.39 Å². The second kappa shape index (κ2) is 14.6. The van der Waals surface area contributed by atoms with Gasteiger partial charge in [0.2, 0.25) is 0 Å². The molecule has 13 heteroatoms. The van der Waals surface area contributed by atoms with Crippen molar-refractivity contribution in [1.29, 1.82) is 0 Å². The molecule has 4 atom stereocenters. The Hall–Kier alpha value is -3.99. The molecule has 1 aliphatic heterocycles. The molecule has 48 heavy (non-hydrogen) atoms. The number of nitrogens with one attached hydrogen (secondary N) is 1. The molecule has 0 saturated carbocycles. The van der Waals surface area contributed by atoms with E-state index in [0.717, 1.165) is 21.3 Å². The van der Waals surface area contributed by atoms with Crippen molar-refractivity contribution >= 4 is 25.0 Å². The van der Waals surface area contributed by atoms with E-state index in [2.05, 4.69) is 10.3 Å². The number of anilines is 1. The molecule has 1 aromatic heterocycles. The first-order valence-corrected chi connectivity index (χ1v) is 17.2. The summed E-state index contributed by atoms with van der Waals surface area (Å²) in [6.45, 7) is 1.61. The Kier molecular flexibility index (Phi) is 10.8. The van der Waals surface area contributed by atoms with E-state index in [0.29, 0.717) is 11.5 Å². The van der Waals surface area contributed by atoms with Gasteiger partial charge >= 0.3 is 13.3 Å². The minimum atomic E-state index is -3.59. The number of hydrogen-bond acceptors (Lipinski definition) is 9. The van der Waals surface area contributed by atoms with Crippen molar-refractivity contribution in [2.45, 2.75) is 30.5 Å². The maximum absolute atomic E-state index is 15.9. The molecule has 1 saturated heterocycles. The van der Waals surface area contributed by atoms with E-state index in [9.17, 15) is 9.36 Å². The molecule has 3 aromatic carbocycles. The van der Waals surface area contributed by atoms with Gasteiger partial charge in [0.15, 0.2) is 12.4 Å². The third-order valence-electron chi connectivity index (χ3n) is 8.79. The monoisotopic (exact) mass is 697 g/mol. The van der Waals surface area contributed by atoms with E-state index < -0.39 is 42.7 Å². The summed E-state index contributed by atoms with van der Waals surface area (Å²) in [5.41, 5.74) is -0.649. The molecule has 5 rings (SSSR count). The van der Waals surface area contributed by atoms with Gasteiger partial charge in [0.05, 0.1) is 20.1 Å². The third-order valence-corrected chi connectivity index (χ3v) is 10.7. The fourth-order valence-corrected chi connectivity index (χ4v) is 7.10. The van der Waals surface area contributed by atoms with Gasteiger partial charge in [-0.25, -0.2) is 9.18 Å². The zero-order chi connectivity index (χ0) is 34.5. The molecule has 254 valence electrons. The molecule has 0 radical (unpaired) electrons. The molecule has 0 unspecified atom stereocenters. The average molecular weight is 698 g/mol. The van der Waals surface area contributed by atoms with Crippen molar-refractivity contribution in [2.24, 2.45) is 5.92 Å². The Bertz CT molecular complexity index is 1770. The van der Waals surface area contributed by atoms with E-state index in [-0.39, 0.29) is 11.7 Å². The summed E-state index contributed by atoms with van der Waals surface area (Å²) in [6, 6.07) is 26.5. The molecule has 1 aliphatic rings. The number of alkyl halides is 2. The van der Waals surface area contributed by atoms with Crippen molar-refractivity contribution in [3.8, 4) is 11.5 Å². The zero-order valence-electron chi connectivity index (χ0n) is 27.2. The van der Waals surface area contributed by atoms with Gasteiger partial charge in [0, 0.05) is 32.2 Å². The Morgan fingerprint density at radius 1 is 0.938 bits per heavy atom. The number of rotatable bonds is 13. The highest BCUT2D eigenvalue weighted by Gasteiger charge is 2.53. The zero-order valence-corrected chi connectivity index (χ0v) is 28.9. The van der Waals surface area contributed by atoms with Gasteiger partial charge in [-0.3, -0.25) is 9.13 Å². The molecule has 0 aliphatic carbocycles. The third kappa shape index (κ3) is 6.66. The van der Waals surface area contributed by atoms with Crippen LogP contribution in [0.25, 0.3) is 0 Å². The minimum Gasteiger partial charge on any atom is -0.497 e. The fourth-order valence-electron chi connectivity index (χ4n) is 5.88. The van der Waals surface area contributed by atoms with E-state index in [1.807, 2.05) is 78.9 Å². The van der Waals surface area contributed by atoms with Gasteiger partial charge in [-0.15, -0.1) is 11.6 Å². The highest BCUT2D eigenvalue weighted by molar-refractivity contribution is 7.57. The second-order valence-corrected chi connectivity index (χ2v) is 13.6. The number of halogens is 2. The van der Waals surface area contributed by atoms with Crippen LogP contribution < -0.4 is 20.5 Å². The van der Waals surface area contributed by atoms with Gasteiger partial charge in [0.25, 0.3) is 0 Å². The van der Waals surface area contributed by atoms with Crippen LogP contribution in [0.5, 0.6) is 11.5 Å². The minimum absolute atomic E-state index is 0.180. The van der Waals surface area contributed by atoms with Crippen molar-refractivity contribution < 1.29 is 32.2 Å². The predicted molar refractivity (Wildman–Crippen MR) is 183 cm³/mol. The number of aromatic nitrogens is 2. The summed E-state index contributed by atoms with van der Waals surface area (Å²) in [6.07, 6.45) is -0.192. The largest absolute Gasteiger partial charge is 0.497 e. The van der Waals surface area contributed by atoms with Gasteiger partial charge in [-0.2, -0.15) is 4.98 Å². The van der Waals surface area contributed by atoms with Crippen molar-refractivity contribution in [3.05, 3.63) is 130 Å². The lowest BCUT2D eigenvalue weighted by molar-refractivity contribution is -0.0511. The molecule has 10 nitrogen and oxygen atoms in total. The topological polar surface area (TPSA) is 110 Å². The number of benzene rings is 3. The standard InChI is InChI=1S/C35H38ClFN3O7P/c1-24-31(37)32(47-34(24,23-36)20-22-48(42,45-4)46-5)40-21-19-30(38-33(40)41)39-35(25-9-7-6-8-10-25,26-11-15-28(43-2)16-12-26)27-13-17-29(44-3)18-14-27/h6-22,24,31-32H,23H2,1-5H3,(H,38,39,41)/b22-20+/t24-,31+,32+,34-/m0/s1. The summed E-state index contributed by atoms with van der Waals surface area (Å²) < 4.78 is 56.6. The van der Waals surface area contributed by atoms with E-state index in [1.54, 1.807) is 27.2 Å². The van der Waals surface area contributed by atoms with Crippen LogP contribution in [0.1, 0.15) is 29.8 Å². The van der Waals surface area contributed by atoms with Gasteiger partial charge < -0.3 is 28.6 Å². The quantitative estimate of drug-likeness (QED) is 0.0885. The first kappa shape index (κ1) is 35.3. The maximum atomic E-state index is 15.9. The molecule has 2 heterocycles. The van der Waals surface area contributed by atoms with Crippen LogP contribution >= 0.6 is 19.2 Å². The Balaban J connectivity index is 1.58. The summed E-state index contributed by atoms with van der Waals surface area (Å²) in [5, 5.41) is 3.54. The summed E-state index contributed by atoms with van der Waals surface area (Å²) in [7, 11) is 2.07. The predicted octanol–water partition coefficient (Wildman–Crippen LogP) is 7.14. The van der Waals surface area contributed by atoms with Crippen molar-refractivity contribution in [3.63, 3.8) is 0 Å². The average Bonchev–Trinajstić information content (AvgIpc) is 3.39. The number of ether oxygens (including phenoxy) is 3. The van der Waals surface area contributed by atoms with Gasteiger partial charge in [0.1, 0.15) is 28.5 Å². The smallest absolute Gasteiger partial charge is 0.353 e. The lowest BCUT2D eigenvalue weighted by Crippen LogP contribution is -2.40. The van der Waals surface area contributed by atoms with Crippen molar-refractivity contribution in [1.82, 2.24) is 9.55 Å². The van der Waals surface area contributed by atoms with Gasteiger partial charge in [-0.05, 0) is 53.1 Å². The highest BCUT2D eigenvalue weighted by Crippen LogP contribution is 2.51. The molecule has 1 N–H and O–H groups in total. The molecule has 0 bridgehead atoms. The first-order valence-electron chi connectivity index (χ1n) is 15.1. The number of hydrogen-bond donors (Lipinski definition) is 1. The van der Waals surface area contributed by atoms with E-state index in [4.69, 9.17) is 34.9 Å². The Morgan fingerprint density at radius 3 is 1.96 bits per heavy atom. The van der Waals surface area contributed by atoms with Crippen LogP contribution in [0, 0.1) is 5.92 Å². The van der Waals surface area contributed by atoms with Gasteiger partial charge in [-0.1, -0.05) is 61.5 Å². The molecule has 1 fully saturated rings. The normalized spacial score (nSPS) is 21.4. The highest BCUT2D eigenvalue weighted by atomic mass is 35.5. The fraction of sp³-hybridized carbons (Fsp3) is 0.314. The van der Waals surface area contributed by atoms with Crippen molar-refractivity contribution in [2.75, 3.05) is 39.6 Å². The Labute approximate surface area is 284 Å². The molecular weight excluding hydrogens is 660 g/mol. The van der Waals surface area contributed by atoms with Crippen LogP contribution in [0.2, 0.25) is 0 Å². The summed E-state index contributed by atoms with van der Waals surface area (Å²) >= 11 is 6.30. The molecule has 4 aromatic rings. The Morgan fingerprint density at radius 2 is 1.48 bits per heavy atom. The summed E-state index contributed by atoms with van der Waals surface area (Å²) in [5.74, 6) is 1.78. The molecule has 0 spiro atoms. The molecule has 0 amide bonds. The molecular formula is C35H38ClFN3O7P. The maximum Gasteiger partial charge on any atom is 0.353 e. The lowest BCUT2D eigenvalue weighted by atomic mass is 9.77. The van der Waals surface area contributed by atoms with Crippen LogP contribution in [-0.2, 0) is 23.9 Å². The summed E-state index contributed by atoms with van der Waals surface area (Å²) in [4.78, 5) is 18.0. The number of nitrogens with zero attached hydrogens (tertiary/aromatic N) is 2. The second-order valence-electron chi connectivity index (χ2n) is 11.3. The van der Waals surface area contributed by atoms with E-state index in [1.165, 1.54) is 32.3 Å². The SMILES string of the molecule is COc1ccc(C(Nc2ccn([C@@H]3O[C@@](/C=C/P(=O)(OC)OC)(CCl)[C@@H](C)[C@H]3F)c(=O)n2)(c2ccccc2)c2ccc(OC)cc2)cc1. The number of methoxy groups -OCH3 is 2. The lowest BCUT2D eigenvalue weighted by Gasteiger charge is -2.37. The van der Waals surface area contributed by atoms with Crippen LogP contribution in [0.15, 0.2) is 108 Å². The van der Waals surface area contributed by atoms with Crippen LogP contribution in [-0.4, -0.2) is 55.6 Å². The first-order chi connectivity index (χ1) is 23.1. The van der Waals surface area contributed by atoms with Crippen LogP contribution in [0.3, 0.4) is 0 Å². The van der Waals surface area contributed by atoms with Crippen LogP contribution in [0.4, 0.5) is 10.2 Å².